The van der Waals surface area contributed by atoms with Gasteiger partial charge in [0.25, 0.3) is 0 Å². The van der Waals surface area contributed by atoms with E-state index in [-0.39, 0.29) is 31.3 Å². The van der Waals surface area contributed by atoms with Gasteiger partial charge in [0.15, 0.2) is 11.9 Å². The second-order valence-electron chi connectivity index (χ2n) is 9.67. The summed E-state index contributed by atoms with van der Waals surface area (Å²) in [5, 5.41) is 8.82. The topological polar surface area (TPSA) is 102 Å². The predicted octanol–water partition coefficient (Wildman–Crippen LogP) is 3.43. The van der Waals surface area contributed by atoms with Crippen LogP contribution >= 0.6 is 0 Å². The zero-order valence-corrected chi connectivity index (χ0v) is 20.8. The number of carbonyl (C=O) groups is 3. The summed E-state index contributed by atoms with van der Waals surface area (Å²) in [7, 11) is 0. The van der Waals surface area contributed by atoms with E-state index in [1.165, 1.54) is 11.0 Å². The van der Waals surface area contributed by atoms with E-state index >= 15 is 0 Å². The van der Waals surface area contributed by atoms with Crippen LogP contribution in [-0.2, 0) is 30.2 Å². The molecule has 1 N–H and O–H groups in total. The molecule has 0 radical (unpaired) electrons. The first-order valence-electron chi connectivity index (χ1n) is 12.0. The Morgan fingerprint density at radius 1 is 1.17 bits per heavy atom. The first-order valence-corrected chi connectivity index (χ1v) is 12.0. The quantitative estimate of drug-likeness (QED) is 0.507. The van der Waals surface area contributed by atoms with Gasteiger partial charge >= 0.3 is 6.09 Å². The van der Waals surface area contributed by atoms with Crippen molar-refractivity contribution in [1.82, 2.24) is 4.90 Å². The van der Waals surface area contributed by atoms with Gasteiger partial charge in [0.05, 0.1) is 31.8 Å². The van der Waals surface area contributed by atoms with Crippen LogP contribution < -0.4 is 0 Å². The Morgan fingerprint density at radius 3 is 2.54 bits per heavy atom. The molecule has 0 aliphatic carbocycles. The summed E-state index contributed by atoms with van der Waals surface area (Å²) < 4.78 is 16.9. The summed E-state index contributed by atoms with van der Waals surface area (Å²) >= 11 is 0. The van der Waals surface area contributed by atoms with Gasteiger partial charge in [-0.15, -0.1) is 0 Å². The Labute approximate surface area is 206 Å². The number of hydrogen-bond donors (Lipinski definition) is 1. The van der Waals surface area contributed by atoms with Gasteiger partial charge in [-0.25, -0.2) is 9.69 Å². The van der Waals surface area contributed by atoms with Crippen LogP contribution in [0.25, 0.3) is 0 Å². The molecule has 35 heavy (non-hydrogen) atoms. The fourth-order valence-electron chi connectivity index (χ4n) is 4.81. The summed E-state index contributed by atoms with van der Waals surface area (Å²) in [6, 6.07) is 8.88. The fourth-order valence-corrected chi connectivity index (χ4v) is 4.81. The van der Waals surface area contributed by atoms with E-state index < -0.39 is 35.7 Å². The van der Waals surface area contributed by atoms with E-state index in [9.17, 15) is 14.4 Å². The van der Waals surface area contributed by atoms with Crippen LogP contribution in [0.2, 0.25) is 0 Å². The van der Waals surface area contributed by atoms with Crippen LogP contribution in [0.3, 0.4) is 0 Å². The minimum atomic E-state index is -1.08. The number of benzene rings is 1. The Bertz CT molecular complexity index is 967. The number of ether oxygens (including phenoxy) is 3. The first kappa shape index (κ1) is 26.6. The van der Waals surface area contributed by atoms with Gasteiger partial charge in [-0.3, -0.25) is 9.59 Å². The average Bonchev–Trinajstić information content (AvgIpc) is 3.07. The van der Waals surface area contributed by atoms with Gasteiger partial charge in [-0.05, 0) is 56.4 Å². The maximum Gasteiger partial charge on any atom is 0.417 e. The highest BCUT2D eigenvalue weighted by molar-refractivity contribution is 6.02. The molecule has 0 saturated carbocycles. The number of imide groups is 1. The maximum absolute atomic E-state index is 14.0. The molecule has 1 aromatic carbocycles. The van der Waals surface area contributed by atoms with Crippen molar-refractivity contribution >= 4 is 17.8 Å². The van der Waals surface area contributed by atoms with Gasteiger partial charge < -0.3 is 19.3 Å². The number of aliphatic hydroxyl groups is 1. The molecular formula is C27H35NO7. The Hall–Kier alpha value is -2.97. The highest BCUT2D eigenvalue weighted by atomic mass is 16.6. The van der Waals surface area contributed by atoms with Gasteiger partial charge in [-0.1, -0.05) is 44.2 Å². The summed E-state index contributed by atoms with van der Waals surface area (Å²) in [5.41, 5.74) is 0.00230. The van der Waals surface area contributed by atoms with Crippen LogP contribution in [0.15, 0.2) is 54.3 Å². The monoisotopic (exact) mass is 485 g/mol. The lowest BCUT2D eigenvalue weighted by Gasteiger charge is -2.35. The summed E-state index contributed by atoms with van der Waals surface area (Å²) in [6.07, 6.45) is 3.72. The fraction of sp³-hybridized carbons (Fsp3) is 0.519. The van der Waals surface area contributed by atoms with Crippen LogP contribution in [-0.4, -0.2) is 65.4 Å². The number of carbonyl (C=O) groups excluding carboxylic acids is 3. The van der Waals surface area contributed by atoms with Gasteiger partial charge in [0.1, 0.15) is 11.4 Å². The Morgan fingerprint density at radius 2 is 1.89 bits per heavy atom. The number of nitrogens with zero attached hydrogens (tertiary/aromatic N) is 1. The molecule has 0 aromatic heterocycles. The van der Waals surface area contributed by atoms with Crippen LogP contribution in [0.1, 0.15) is 39.7 Å². The van der Waals surface area contributed by atoms with E-state index in [2.05, 4.69) is 0 Å². The molecule has 1 fully saturated rings. The molecule has 2 amide bonds. The van der Waals surface area contributed by atoms with Crippen molar-refractivity contribution in [2.75, 3.05) is 19.8 Å². The average molecular weight is 486 g/mol. The molecule has 0 spiro atoms. The standard InChI is InChI=1S/C27H35NO7/c1-18(2)24-27(3,4)35-26(32)28(24)25(31)21(17-19-9-6-5-7-10-19)23-22(30)13-12-20(34-23)11-8-15-33-16-14-29/h5-7,9-13,18,21,23-24,29H,8,14-17H2,1-4H3. The Balaban J connectivity index is 1.90. The summed E-state index contributed by atoms with van der Waals surface area (Å²) in [5.74, 6) is -1.33. The second-order valence-corrected chi connectivity index (χ2v) is 9.67. The number of hydrogen-bond acceptors (Lipinski definition) is 7. The molecule has 0 bridgehead atoms. The van der Waals surface area contributed by atoms with E-state index in [4.69, 9.17) is 19.3 Å². The molecule has 3 unspecified atom stereocenters. The molecule has 8 heteroatoms. The Kier molecular flexibility index (Phi) is 8.86. The van der Waals surface area contributed by atoms with E-state index in [0.29, 0.717) is 18.8 Å². The number of aliphatic hydroxyl groups excluding tert-OH is 1. The third-order valence-electron chi connectivity index (χ3n) is 6.19. The molecule has 2 aliphatic heterocycles. The normalized spacial score (nSPS) is 23.5. The first-order chi connectivity index (χ1) is 16.7. The number of cyclic esters (lactones) is 1. The van der Waals surface area contributed by atoms with Crippen LogP contribution in [0, 0.1) is 11.8 Å². The van der Waals surface area contributed by atoms with Gasteiger partial charge in [0, 0.05) is 0 Å². The summed E-state index contributed by atoms with van der Waals surface area (Å²) in [4.78, 5) is 40.9. The van der Waals surface area contributed by atoms with Crippen molar-refractivity contribution in [1.29, 1.82) is 0 Å². The van der Waals surface area contributed by atoms with E-state index in [1.54, 1.807) is 26.0 Å². The van der Waals surface area contributed by atoms with Crippen molar-refractivity contribution in [2.24, 2.45) is 11.8 Å². The number of allylic oxidation sites excluding steroid dienone is 1. The lowest BCUT2D eigenvalue weighted by Crippen LogP contribution is -2.53. The zero-order chi connectivity index (χ0) is 25.6. The molecule has 3 rings (SSSR count). The molecule has 2 heterocycles. The SMILES string of the molecule is CC(C)C1N(C(=O)C(Cc2ccccc2)C2OC(=CCCOCCO)C=CC2=O)C(=O)OC1(C)C. The second kappa shape index (κ2) is 11.6. The highest BCUT2D eigenvalue weighted by Crippen LogP contribution is 2.36. The predicted molar refractivity (Wildman–Crippen MR) is 129 cm³/mol. The smallest absolute Gasteiger partial charge is 0.417 e. The lowest BCUT2D eigenvalue weighted by molar-refractivity contribution is -0.144. The maximum atomic E-state index is 14.0. The minimum absolute atomic E-state index is 0.0463. The van der Waals surface area contributed by atoms with E-state index in [0.717, 1.165) is 5.56 Å². The summed E-state index contributed by atoms with van der Waals surface area (Å²) in [6.45, 7) is 8.03. The molecule has 190 valence electrons. The van der Waals surface area contributed by atoms with Crippen molar-refractivity contribution in [3.63, 3.8) is 0 Å². The molecule has 1 saturated heterocycles. The largest absolute Gasteiger partial charge is 0.482 e. The molecular weight excluding hydrogens is 450 g/mol. The van der Waals surface area contributed by atoms with Crippen molar-refractivity contribution in [3.05, 3.63) is 59.9 Å². The minimum Gasteiger partial charge on any atom is -0.482 e. The molecule has 8 nitrogen and oxygen atoms in total. The number of rotatable bonds is 10. The third kappa shape index (κ3) is 6.38. The lowest BCUT2D eigenvalue weighted by atomic mass is 9.85. The van der Waals surface area contributed by atoms with Gasteiger partial charge in [-0.2, -0.15) is 0 Å². The van der Waals surface area contributed by atoms with Gasteiger partial charge in [0.2, 0.25) is 5.91 Å². The molecule has 2 aliphatic rings. The van der Waals surface area contributed by atoms with Crippen molar-refractivity contribution in [2.45, 2.75) is 58.3 Å². The van der Waals surface area contributed by atoms with Crippen LogP contribution in [0.5, 0.6) is 0 Å². The third-order valence-corrected chi connectivity index (χ3v) is 6.19. The number of ketones is 1. The zero-order valence-electron chi connectivity index (χ0n) is 20.8. The highest BCUT2D eigenvalue weighted by Gasteiger charge is 2.54. The van der Waals surface area contributed by atoms with Crippen molar-refractivity contribution < 1.29 is 33.7 Å². The van der Waals surface area contributed by atoms with Crippen molar-refractivity contribution in [3.8, 4) is 0 Å². The molecule has 3 atom stereocenters. The molecule has 1 aromatic rings. The van der Waals surface area contributed by atoms with Crippen LogP contribution in [0.4, 0.5) is 4.79 Å². The van der Waals surface area contributed by atoms with E-state index in [1.807, 2.05) is 44.2 Å². The number of amides is 2.